The molecule has 0 aliphatic heterocycles. The number of nitrogens with zero attached hydrogens (tertiary/aromatic N) is 2. The fourth-order valence-electron chi connectivity index (χ4n) is 2.38. The van der Waals surface area contributed by atoms with Crippen molar-refractivity contribution in [3.8, 4) is 0 Å². The van der Waals surface area contributed by atoms with Crippen LogP contribution in [-0.4, -0.2) is 21.5 Å². The highest BCUT2D eigenvalue weighted by molar-refractivity contribution is 7.13. The van der Waals surface area contributed by atoms with Gasteiger partial charge in [-0.1, -0.05) is 6.07 Å². The third-order valence-electron chi connectivity index (χ3n) is 3.85. The van der Waals surface area contributed by atoms with Crippen LogP contribution in [0.3, 0.4) is 0 Å². The Kier molecular flexibility index (Phi) is 3.63. The predicted molar refractivity (Wildman–Crippen MR) is 81.7 cm³/mol. The van der Waals surface area contributed by atoms with E-state index in [9.17, 15) is 9.59 Å². The van der Waals surface area contributed by atoms with E-state index in [1.54, 1.807) is 23.7 Å². The molecule has 0 saturated heterocycles. The summed E-state index contributed by atoms with van der Waals surface area (Å²) < 4.78 is 1.83. The molecule has 2 heterocycles. The highest BCUT2D eigenvalue weighted by Crippen LogP contribution is 2.40. The number of ketones is 1. The molecule has 1 fully saturated rings. The van der Waals surface area contributed by atoms with Gasteiger partial charge in [0.05, 0.1) is 17.1 Å². The first kappa shape index (κ1) is 14.0. The van der Waals surface area contributed by atoms with Crippen LogP contribution >= 0.6 is 11.3 Å². The summed E-state index contributed by atoms with van der Waals surface area (Å²) in [6.45, 7) is 3.98. The van der Waals surface area contributed by atoms with Crippen molar-refractivity contribution in [2.45, 2.75) is 32.7 Å². The molecule has 1 aliphatic rings. The second kappa shape index (κ2) is 5.44. The van der Waals surface area contributed by atoms with Crippen molar-refractivity contribution in [1.29, 1.82) is 0 Å². The maximum Gasteiger partial charge on any atom is 0.298 e. The Hall–Kier alpha value is -1.95. The number of rotatable bonds is 5. The zero-order chi connectivity index (χ0) is 15.0. The lowest BCUT2D eigenvalue weighted by Gasteiger charge is -2.15. The molecule has 0 radical (unpaired) electrons. The topological polar surface area (TPSA) is 64.0 Å². The number of thiophene rings is 1. The summed E-state index contributed by atoms with van der Waals surface area (Å²) in [5.41, 5.74) is 0.870. The van der Waals surface area contributed by atoms with Crippen LogP contribution < -0.4 is 5.32 Å². The molecular formula is C15H17N3O2S. The fraction of sp³-hybridized carbons (Fsp3) is 0.400. The number of carbonyl (C=O) groups excluding carboxylic acids is 2. The van der Waals surface area contributed by atoms with Crippen molar-refractivity contribution < 1.29 is 9.59 Å². The van der Waals surface area contributed by atoms with Crippen LogP contribution in [0.5, 0.6) is 0 Å². The lowest BCUT2D eigenvalue weighted by atomic mass is 10.2. The minimum atomic E-state index is -0.606. The number of hydrogen-bond donors (Lipinski definition) is 1. The molecule has 1 N–H and O–H groups in total. The first-order valence-electron chi connectivity index (χ1n) is 7.01. The molecule has 2 aromatic rings. The fourth-order valence-corrected chi connectivity index (χ4v) is 3.04. The maximum atomic E-state index is 12.1. The van der Waals surface area contributed by atoms with Gasteiger partial charge in [-0.3, -0.25) is 9.59 Å². The van der Waals surface area contributed by atoms with Gasteiger partial charge in [0, 0.05) is 5.56 Å². The van der Waals surface area contributed by atoms with Gasteiger partial charge in [0.15, 0.2) is 0 Å². The van der Waals surface area contributed by atoms with Crippen LogP contribution in [0.25, 0.3) is 0 Å². The number of amides is 1. The lowest BCUT2D eigenvalue weighted by Crippen LogP contribution is -2.25. The molecule has 1 amide bonds. The quantitative estimate of drug-likeness (QED) is 0.682. The molecule has 1 unspecified atom stereocenters. The van der Waals surface area contributed by atoms with Gasteiger partial charge in [-0.15, -0.1) is 11.3 Å². The van der Waals surface area contributed by atoms with Gasteiger partial charge in [0.25, 0.3) is 11.7 Å². The minimum Gasteiger partial charge on any atom is -0.304 e. The Morgan fingerprint density at radius 3 is 2.86 bits per heavy atom. The molecule has 0 aromatic carbocycles. The molecule has 0 spiro atoms. The van der Waals surface area contributed by atoms with Crippen LogP contribution in [0.15, 0.2) is 23.7 Å². The van der Waals surface area contributed by atoms with Gasteiger partial charge in [-0.25, -0.2) is 4.68 Å². The molecule has 21 heavy (non-hydrogen) atoms. The average Bonchev–Trinajstić information content (AvgIpc) is 3.06. The van der Waals surface area contributed by atoms with E-state index in [2.05, 4.69) is 17.3 Å². The molecule has 6 heteroatoms. The second-order valence-corrected chi connectivity index (χ2v) is 6.41. The molecule has 1 saturated carbocycles. The van der Waals surface area contributed by atoms with E-state index < -0.39 is 11.7 Å². The summed E-state index contributed by atoms with van der Waals surface area (Å²) in [5, 5.41) is 8.86. The van der Waals surface area contributed by atoms with E-state index in [1.165, 1.54) is 24.2 Å². The van der Waals surface area contributed by atoms with E-state index in [4.69, 9.17) is 0 Å². The number of Topliss-reactive ketones (excluding diaryl/α,β-unsaturated/α-hetero) is 1. The third kappa shape index (κ3) is 2.76. The molecule has 3 rings (SSSR count). The molecule has 2 aromatic heterocycles. The van der Waals surface area contributed by atoms with Gasteiger partial charge in [0.2, 0.25) is 0 Å². The Labute approximate surface area is 127 Å². The standard InChI is InChI=1S/C15H17N3O2S/c1-9-8-16-18(10(2)11-5-6-11)14(9)17-15(20)13(19)12-4-3-7-21-12/h3-4,7-8,10-11H,5-6H2,1-2H3,(H,17,20). The SMILES string of the molecule is Cc1cnn(C(C)C2CC2)c1NC(=O)C(=O)c1cccs1. The Bertz CT molecular complexity index is 671. The van der Waals surface area contributed by atoms with Crippen molar-refractivity contribution in [1.82, 2.24) is 9.78 Å². The van der Waals surface area contributed by atoms with Crippen molar-refractivity contribution in [2.24, 2.45) is 5.92 Å². The van der Waals surface area contributed by atoms with Crippen LogP contribution in [0.2, 0.25) is 0 Å². The number of carbonyl (C=O) groups is 2. The highest BCUT2D eigenvalue weighted by atomic mass is 32.1. The van der Waals surface area contributed by atoms with Crippen LogP contribution in [0.1, 0.15) is 41.0 Å². The zero-order valence-corrected chi connectivity index (χ0v) is 12.8. The lowest BCUT2D eigenvalue weighted by molar-refractivity contribution is -0.112. The van der Waals surface area contributed by atoms with Crippen molar-refractivity contribution >= 4 is 28.8 Å². The van der Waals surface area contributed by atoms with Crippen molar-refractivity contribution in [3.63, 3.8) is 0 Å². The van der Waals surface area contributed by atoms with Gasteiger partial charge in [0.1, 0.15) is 5.82 Å². The molecule has 110 valence electrons. The summed E-state index contributed by atoms with van der Waals surface area (Å²) in [5.74, 6) is 0.138. The number of nitrogens with one attached hydrogen (secondary N) is 1. The van der Waals surface area contributed by atoms with Crippen LogP contribution in [-0.2, 0) is 4.79 Å². The van der Waals surface area contributed by atoms with E-state index in [1.807, 2.05) is 11.6 Å². The molecule has 5 nitrogen and oxygen atoms in total. The first-order chi connectivity index (χ1) is 10.1. The zero-order valence-electron chi connectivity index (χ0n) is 12.0. The first-order valence-corrected chi connectivity index (χ1v) is 7.89. The van der Waals surface area contributed by atoms with Gasteiger partial charge < -0.3 is 5.32 Å². The second-order valence-electron chi connectivity index (χ2n) is 5.46. The summed E-state index contributed by atoms with van der Waals surface area (Å²) in [7, 11) is 0. The summed E-state index contributed by atoms with van der Waals surface area (Å²) in [6.07, 6.45) is 4.12. The van der Waals surface area contributed by atoms with Crippen LogP contribution in [0.4, 0.5) is 5.82 Å². The van der Waals surface area contributed by atoms with Gasteiger partial charge >= 0.3 is 0 Å². The summed E-state index contributed by atoms with van der Waals surface area (Å²) in [4.78, 5) is 24.6. The van der Waals surface area contributed by atoms with E-state index >= 15 is 0 Å². The smallest absolute Gasteiger partial charge is 0.298 e. The Balaban J connectivity index is 1.79. The van der Waals surface area contributed by atoms with Gasteiger partial charge in [-0.05, 0) is 44.1 Å². The van der Waals surface area contributed by atoms with E-state index in [0.717, 1.165) is 5.56 Å². The highest BCUT2D eigenvalue weighted by Gasteiger charge is 2.31. The summed E-state index contributed by atoms with van der Waals surface area (Å²) in [6, 6.07) is 3.66. The van der Waals surface area contributed by atoms with Crippen molar-refractivity contribution in [2.75, 3.05) is 5.32 Å². The summed E-state index contributed by atoms with van der Waals surface area (Å²) >= 11 is 1.27. The Morgan fingerprint density at radius 2 is 2.24 bits per heavy atom. The third-order valence-corrected chi connectivity index (χ3v) is 4.72. The largest absolute Gasteiger partial charge is 0.304 e. The molecule has 1 atom stereocenters. The number of aryl methyl sites for hydroxylation is 1. The van der Waals surface area contributed by atoms with Gasteiger partial charge in [-0.2, -0.15) is 5.10 Å². The molecule has 1 aliphatic carbocycles. The predicted octanol–water partition coefficient (Wildman–Crippen LogP) is 3.05. The minimum absolute atomic E-state index is 0.242. The molecular weight excluding hydrogens is 286 g/mol. The maximum absolute atomic E-state index is 12.1. The normalized spacial score (nSPS) is 15.7. The van der Waals surface area contributed by atoms with Crippen LogP contribution in [0, 0.1) is 12.8 Å². The monoisotopic (exact) mass is 303 g/mol. The average molecular weight is 303 g/mol. The Morgan fingerprint density at radius 1 is 1.48 bits per heavy atom. The number of anilines is 1. The van der Waals surface area contributed by atoms with E-state index in [-0.39, 0.29) is 6.04 Å². The van der Waals surface area contributed by atoms with E-state index in [0.29, 0.717) is 16.6 Å². The number of hydrogen-bond acceptors (Lipinski definition) is 4. The number of aromatic nitrogens is 2. The van der Waals surface area contributed by atoms with Crippen molar-refractivity contribution in [3.05, 3.63) is 34.2 Å². The molecule has 0 bridgehead atoms.